The van der Waals surface area contributed by atoms with E-state index in [1.807, 2.05) is 0 Å². The molecular formula is C15H25NO4. The van der Waals surface area contributed by atoms with E-state index in [-0.39, 0.29) is 5.41 Å². The number of nitrogens with one attached hydrogen (secondary N) is 1. The molecule has 0 heterocycles. The van der Waals surface area contributed by atoms with Gasteiger partial charge in [0.25, 0.3) is 0 Å². The number of hydrogen-bond acceptors (Lipinski definition) is 3. The van der Waals surface area contributed by atoms with Crippen LogP contribution in [0.1, 0.15) is 53.9 Å². The van der Waals surface area contributed by atoms with Crippen LogP contribution in [-0.2, 0) is 9.53 Å². The maximum atomic E-state index is 11.8. The molecule has 0 aliphatic heterocycles. The SMILES string of the molecule is CC(C)C12CC(C(NC(=O)OC(C)(C)C)C(=O)O)(C1)C2. The highest BCUT2D eigenvalue weighted by atomic mass is 16.6. The second-order valence-corrected chi connectivity index (χ2v) is 7.83. The molecule has 3 fully saturated rings. The first-order chi connectivity index (χ1) is 9.00. The van der Waals surface area contributed by atoms with E-state index in [9.17, 15) is 14.7 Å². The number of carboxylic acids is 1. The number of ether oxygens (including phenoxy) is 1. The van der Waals surface area contributed by atoms with Gasteiger partial charge >= 0.3 is 12.1 Å². The monoisotopic (exact) mass is 283 g/mol. The number of hydrogen-bond donors (Lipinski definition) is 2. The zero-order valence-corrected chi connectivity index (χ0v) is 12.9. The summed E-state index contributed by atoms with van der Waals surface area (Å²) in [4.78, 5) is 23.3. The van der Waals surface area contributed by atoms with Crippen molar-refractivity contribution in [1.29, 1.82) is 0 Å². The molecule has 2 bridgehead atoms. The fourth-order valence-corrected chi connectivity index (χ4v) is 3.77. The molecule has 0 aromatic heterocycles. The molecule has 1 amide bonds. The molecule has 1 unspecified atom stereocenters. The van der Waals surface area contributed by atoms with E-state index in [0.717, 1.165) is 19.3 Å². The molecule has 5 heteroatoms. The van der Waals surface area contributed by atoms with Crippen LogP contribution in [0.5, 0.6) is 0 Å². The Bertz CT molecular complexity index is 416. The van der Waals surface area contributed by atoms with Gasteiger partial charge in [0.05, 0.1) is 0 Å². The second kappa shape index (κ2) is 4.37. The van der Waals surface area contributed by atoms with Crippen molar-refractivity contribution in [2.45, 2.75) is 65.5 Å². The summed E-state index contributed by atoms with van der Waals surface area (Å²) in [6.07, 6.45) is 2.03. The normalized spacial score (nSPS) is 32.9. The molecule has 2 N–H and O–H groups in total. The number of rotatable bonds is 4. The summed E-state index contributed by atoms with van der Waals surface area (Å²) in [6, 6.07) is -0.835. The molecule has 114 valence electrons. The average molecular weight is 283 g/mol. The van der Waals surface area contributed by atoms with Gasteiger partial charge in [0.2, 0.25) is 0 Å². The van der Waals surface area contributed by atoms with Crippen LogP contribution >= 0.6 is 0 Å². The van der Waals surface area contributed by atoms with E-state index < -0.39 is 23.7 Å². The minimum Gasteiger partial charge on any atom is -0.480 e. The largest absolute Gasteiger partial charge is 0.480 e. The summed E-state index contributed by atoms with van der Waals surface area (Å²) in [7, 11) is 0. The van der Waals surface area contributed by atoms with Crippen molar-refractivity contribution in [2.24, 2.45) is 16.7 Å². The van der Waals surface area contributed by atoms with Crippen molar-refractivity contribution in [2.75, 3.05) is 0 Å². The quantitative estimate of drug-likeness (QED) is 0.832. The van der Waals surface area contributed by atoms with Gasteiger partial charge in [0, 0.05) is 5.41 Å². The summed E-state index contributed by atoms with van der Waals surface area (Å²) < 4.78 is 5.16. The zero-order valence-electron chi connectivity index (χ0n) is 12.9. The van der Waals surface area contributed by atoms with Crippen LogP contribution in [0, 0.1) is 16.7 Å². The fourth-order valence-electron chi connectivity index (χ4n) is 3.77. The first-order valence-electron chi connectivity index (χ1n) is 7.22. The molecule has 0 radical (unpaired) electrons. The summed E-state index contributed by atoms with van der Waals surface area (Å²) in [5.41, 5.74) is -0.567. The van der Waals surface area contributed by atoms with Crippen LogP contribution in [-0.4, -0.2) is 28.8 Å². The molecule has 5 nitrogen and oxygen atoms in total. The number of carbonyl (C=O) groups is 2. The molecule has 0 saturated heterocycles. The molecule has 3 saturated carbocycles. The highest BCUT2D eigenvalue weighted by Gasteiger charge is 2.72. The van der Waals surface area contributed by atoms with Gasteiger partial charge in [0.1, 0.15) is 11.6 Å². The topological polar surface area (TPSA) is 75.6 Å². The lowest BCUT2D eigenvalue weighted by molar-refractivity contribution is -0.245. The van der Waals surface area contributed by atoms with Gasteiger partial charge in [-0.25, -0.2) is 9.59 Å². The Hall–Kier alpha value is -1.26. The minimum absolute atomic E-state index is 0.257. The van der Waals surface area contributed by atoms with E-state index in [1.54, 1.807) is 20.8 Å². The molecule has 3 aliphatic rings. The van der Waals surface area contributed by atoms with E-state index in [2.05, 4.69) is 19.2 Å². The number of alkyl carbamates (subject to hydrolysis) is 1. The summed E-state index contributed by atoms with van der Waals surface area (Å²) >= 11 is 0. The third kappa shape index (κ3) is 2.38. The number of aliphatic carboxylic acids is 1. The summed E-state index contributed by atoms with van der Waals surface area (Å²) in [6.45, 7) is 9.64. The predicted octanol–water partition coefficient (Wildman–Crippen LogP) is 2.79. The Balaban J connectivity index is 1.98. The highest BCUT2D eigenvalue weighted by molar-refractivity contribution is 5.81. The molecule has 3 rings (SSSR count). The predicted molar refractivity (Wildman–Crippen MR) is 74.3 cm³/mol. The van der Waals surface area contributed by atoms with E-state index >= 15 is 0 Å². The fraction of sp³-hybridized carbons (Fsp3) is 0.867. The van der Waals surface area contributed by atoms with Crippen LogP contribution in [0.15, 0.2) is 0 Å². The van der Waals surface area contributed by atoms with Crippen LogP contribution in [0.2, 0.25) is 0 Å². The van der Waals surface area contributed by atoms with Crippen molar-refractivity contribution in [1.82, 2.24) is 5.32 Å². The lowest BCUT2D eigenvalue weighted by Crippen LogP contribution is -2.73. The Morgan fingerprint density at radius 2 is 1.65 bits per heavy atom. The molecular weight excluding hydrogens is 258 g/mol. The Kier molecular flexibility index (Phi) is 3.30. The molecule has 0 aromatic carbocycles. The van der Waals surface area contributed by atoms with Gasteiger partial charge in [-0.05, 0) is 51.4 Å². The first kappa shape index (κ1) is 15.1. The van der Waals surface area contributed by atoms with Crippen molar-refractivity contribution in [3.8, 4) is 0 Å². The molecule has 20 heavy (non-hydrogen) atoms. The molecule has 0 aromatic rings. The third-order valence-electron chi connectivity index (χ3n) is 4.86. The highest BCUT2D eigenvalue weighted by Crippen LogP contribution is 2.77. The van der Waals surface area contributed by atoms with Gasteiger partial charge in [0.15, 0.2) is 0 Å². The smallest absolute Gasteiger partial charge is 0.408 e. The van der Waals surface area contributed by atoms with E-state index in [0.29, 0.717) is 11.3 Å². The summed E-state index contributed by atoms with van der Waals surface area (Å²) in [5.74, 6) is -0.395. The van der Waals surface area contributed by atoms with E-state index in [1.165, 1.54) is 0 Å². The van der Waals surface area contributed by atoms with Crippen LogP contribution in [0.3, 0.4) is 0 Å². The van der Waals surface area contributed by atoms with Gasteiger partial charge in [-0.15, -0.1) is 0 Å². The van der Waals surface area contributed by atoms with Crippen LogP contribution in [0.25, 0.3) is 0 Å². The molecule has 1 atom stereocenters. The van der Waals surface area contributed by atoms with Gasteiger partial charge in [-0.1, -0.05) is 13.8 Å². The van der Waals surface area contributed by atoms with Gasteiger partial charge in [-0.2, -0.15) is 0 Å². The minimum atomic E-state index is -0.965. The maximum Gasteiger partial charge on any atom is 0.408 e. The number of carbonyl (C=O) groups excluding carboxylic acids is 1. The first-order valence-corrected chi connectivity index (χ1v) is 7.22. The average Bonchev–Trinajstić information content (AvgIpc) is 2.07. The maximum absolute atomic E-state index is 11.8. The van der Waals surface area contributed by atoms with Crippen LogP contribution < -0.4 is 5.32 Å². The number of carboxylic acid groups (broad SMARTS) is 1. The van der Waals surface area contributed by atoms with Crippen LogP contribution in [0.4, 0.5) is 4.79 Å². The second-order valence-electron chi connectivity index (χ2n) is 7.83. The lowest BCUT2D eigenvalue weighted by atomic mass is 9.30. The Labute approximate surface area is 120 Å². The van der Waals surface area contributed by atoms with E-state index in [4.69, 9.17) is 4.74 Å². The van der Waals surface area contributed by atoms with Crippen molar-refractivity contribution in [3.63, 3.8) is 0 Å². The van der Waals surface area contributed by atoms with Gasteiger partial charge in [-0.3, -0.25) is 0 Å². The number of amides is 1. The van der Waals surface area contributed by atoms with Gasteiger partial charge < -0.3 is 15.2 Å². The standard InChI is InChI=1S/C15H25NO4/c1-9(2)14-6-15(7-14,8-14)10(11(17)18)16-12(19)20-13(3,4)5/h9-10H,6-8H2,1-5H3,(H,16,19)(H,17,18). The third-order valence-corrected chi connectivity index (χ3v) is 4.86. The van der Waals surface area contributed by atoms with Crippen molar-refractivity contribution >= 4 is 12.1 Å². The molecule has 0 spiro atoms. The zero-order chi connectivity index (χ0) is 15.3. The summed E-state index contributed by atoms with van der Waals surface area (Å²) in [5, 5.41) is 11.9. The van der Waals surface area contributed by atoms with Crippen molar-refractivity contribution in [3.05, 3.63) is 0 Å². The van der Waals surface area contributed by atoms with Crippen molar-refractivity contribution < 1.29 is 19.4 Å². The lowest BCUT2D eigenvalue weighted by Gasteiger charge is -2.74. The Morgan fingerprint density at radius 1 is 1.15 bits per heavy atom. The molecule has 3 aliphatic carbocycles. The Morgan fingerprint density at radius 3 is 2.00 bits per heavy atom.